The van der Waals surface area contributed by atoms with Crippen LogP contribution in [0.25, 0.3) is 11.8 Å². The third kappa shape index (κ3) is 5.27. The summed E-state index contributed by atoms with van der Waals surface area (Å²) in [7, 11) is 1.64. The SMILES string of the molecule is COc1ccc(-n2c(C)cc(/C=C(\C#N)C(=O)N3CCC(C(=O)N4CCCCC4)CC3)c2C)cc1. The first-order chi connectivity index (χ1) is 16.9. The van der Waals surface area contributed by atoms with Crippen LogP contribution in [-0.4, -0.2) is 59.5 Å². The number of ether oxygens (including phenoxy) is 1. The number of hydrogen-bond acceptors (Lipinski definition) is 4. The Morgan fingerprint density at radius 2 is 1.66 bits per heavy atom. The van der Waals surface area contributed by atoms with Gasteiger partial charge in [0.1, 0.15) is 17.4 Å². The maximum atomic E-state index is 13.2. The summed E-state index contributed by atoms with van der Waals surface area (Å²) >= 11 is 0. The molecule has 0 N–H and O–H groups in total. The number of nitriles is 1. The first-order valence-electron chi connectivity index (χ1n) is 12.5. The topological polar surface area (TPSA) is 78.6 Å². The quantitative estimate of drug-likeness (QED) is 0.479. The molecule has 0 radical (unpaired) electrons. The van der Waals surface area contributed by atoms with Gasteiger partial charge in [-0.15, -0.1) is 0 Å². The zero-order valence-electron chi connectivity index (χ0n) is 20.9. The molecule has 1 aromatic carbocycles. The number of nitrogens with zero attached hydrogens (tertiary/aromatic N) is 4. The lowest BCUT2D eigenvalue weighted by molar-refractivity contribution is -0.140. The highest BCUT2D eigenvalue weighted by Crippen LogP contribution is 2.26. The number of aryl methyl sites for hydroxylation is 1. The van der Waals surface area contributed by atoms with Crippen LogP contribution in [0, 0.1) is 31.1 Å². The molecule has 2 saturated heterocycles. The van der Waals surface area contributed by atoms with Crippen LogP contribution in [0.3, 0.4) is 0 Å². The summed E-state index contributed by atoms with van der Waals surface area (Å²) in [5.74, 6) is 0.745. The standard InChI is InChI=1S/C28H34N4O3/c1-20-17-23(21(2)32(20)25-7-9-26(35-3)10-8-25)18-24(19-29)28(34)31-15-11-22(12-16-31)27(33)30-13-5-4-6-14-30/h7-10,17-18,22H,4-6,11-16H2,1-3H3/b24-18+. The van der Waals surface area contributed by atoms with Gasteiger partial charge in [-0.25, -0.2) is 0 Å². The van der Waals surface area contributed by atoms with Gasteiger partial charge in [-0.1, -0.05) is 0 Å². The predicted octanol–water partition coefficient (Wildman–Crippen LogP) is 4.26. The van der Waals surface area contributed by atoms with Gasteiger partial charge in [-0.2, -0.15) is 5.26 Å². The summed E-state index contributed by atoms with van der Waals surface area (Å²) in [6.07, 6.45) is 6.37. The molecule has 2 fully saturated rings. The van der Waals surface area contributed by atoms with E-state index in [9.17, 15) is 14.9 Å². The molecule has 0 saturated carbocycles. The fraction of sp³-hybridized carbons (Fsp3) is 0.464. The van der Waals surface area contributed by atoms with Crippen molar-refractivity contribution < 1.29 is 14.3 Å². The molecule has 0 aliphatic carbocycles. The van der Waals surface area contributed by atoms with Gasteiger partial charge in [0, 0.05) is 49.2 Å². The largest absolute Gasteiger partial charge is 0.497 e. The lowest BCUT2D eigenvalue weighted by atomic mass is 9.94. The Morgan fingerprint density at radius 3 is 2.26 bits per heavy atom. The van der Waals surface area contributed by atoms with Crippen LogP contribution >= 0.6 is 0 Å². The van der Waals surface area contributed by atoms with E-state index in [1.54, 1.807) is 18.1 Å². The van der Waals surface area contributed by atoms with Crippen molar-refractivity contribution in [2.45, 2.75) is 46.0 Å². The van der Waals surface area contributed by atoms with Crippen LogP contribution in [0.2, 0.25) is 0 Å². The highest BCUT2D eigenvalue weighted by molar-refractivity contribution is 6.02. The van der Waals surface area contributed by atoms with E-state index in [0.717, 1.165) is 54.3 Å². The normalized spacial score (nSPS) is 17.3. The maximum absolute atomic E-state index is 13.2. The van der Waals surface area contributed by atoms with Crippen LogP contribution < -0.4 is 4.74 Å². The average Bonchev–Trinajstić information content (AvgIpc) is 3.19. The summed E-state index contributed by atoms with van der Waals surface area (Å²) in [5, 5.41) is 9.79. The van der Waals surface area contributed by atoms with E-state index in [1.807, 2.05) is 49.1 Å². The van der Waals surface area contributed by atoms with Crippen LogP contribution in [0.4, 0.5) is 0 Å². The molecule has 2 amide bonds. The van der Waals surface area contributed by atoms with Crippen LogP contribution in [0.1, 0.15) is 49.1 Å². The van der Waals surface area contributed by atoms with E-state index in [4.69, 9.17) is 4.74 Å². The highest BCUT2D eigenvalue weighted by atomic mass is 16.5. The van der Waals surface area contributed by atoms with Crippen molar-refractivity contribution in [3.63, 3.8) is 0 Å². The Bertz CT molecular complexity index is 1140. The van der Waals surface area contributed by atoms with E-state index in [2.05, 4.69) is 10.6 Å². The third-order valence-electron chi connectivity index (χ3n) is 7.25. The number of hydrogen-bond donors (Lipinski definition) is 0. The second-order valence-electron chi connectivity index (χ2n) is 9.48. The van der Waals surface area contributed by atoms with Crippen molar-refractivity contribution in [1.82, 2.24) is 14.4 Å². The molecule has 2 aliphatic heterocycles. The van der Waals surface area contributed by atoms with Crippen molar-refractivity contribution in [3.05, 3.63) is 52.9 Å². The molecule has 4 rings (SSSR count). The molecule has 7 heteroatoms. The van der Waals surface area contributed by atoms with Crippen molar-refractivity contribution >= 4 is 17.9 Å². The number of benzene rings is 1. The van der Waals surface area contributed by atoms with Gasteiger partial charge >= 0.3 is 0 Å². The molecule has 0 bridgehead atoms. The van der Waals surface area contributed by atoms with Crippen molar-refractivity contribution in [3.8, 4) is 17.5 Å². The number of likely N-dealkylation sites (tertiary alicyclic amines) is 2. The number of amides is 2. The fourth-order valence-electron chi connectivity index (χ4n) is 5.23. The first-order valence-corrected chi connectivity index (χ1v) is 12.5. The second kappa shape index (κ2) is 10.8. The summed E-state index contributed by atoms with van der Waals surface area (Å²) in [6, 6.07) is 11.9. The number of piperidine rings is 2. The molecule has 1 aromatic heterocycles. The van der Waals surface area contributed by atoms with E-state index in [-0.39, 0.29) is 23.3 Å². The van der Waals surface area contributed by atoms with Gasteiger partial charge in [0.25, 0.3) is 5.91 Å². The Morgan fingerprint density at radius 1 is 1.00 bits per heavy atom. The van der Waals surface area contributed by atoms with Gasteiger partial charge in [-0.05, 0) is 87.9 Å². The minimum Gasteiger partial charge on any atom is -0.497 e. The van der Waals surface area contributed by atoms with Crippen molar-refractivity contribution in [2.24, 2.45) is 5.92 Å². The summed E-state index contributed by atoms with van der Waals surface area (Å²) in [5.41, 5.74) is 3.93. The van der Waals surface area contributed by atoms with Gasteiger partial charge in [0.05, 0.1) is 7.11 Å². The highest BCUT2D eigenvalue weighted by Gasteiger charge is 2.31. The lowest BCUT2D eigenvalue weighted by Crippen LogP contribution is -2.46. The summed E-state index contributed by atoms with van der Waals surface area (Å²) < 4.78 is 7.35. The molecule has 0 unspecified atom stereocenters. The number of rotatable bonds is 5. The Balaban J connectivity index is 1.46. The van der Waals surface area contributed by atoms with E-state index < -0.39 is 0 Å². The predicted molar refractivity (Wildman–Crippen MR) is 135 cm³/mol. The minimum atomic E-state index is -0.259. The van der Waals surface area contributed by atoms with E-state index in [0.29, 0.717) is 25.9 Å². The zero-order chi connectivity index (χ0) is 24.9. The summed E-state index contributed by atoms with van der Waals surface area (Å²) in [6.45, 7) is 6.72. The monoisotopic (exact) mass is 474 g/mol. The van der Waals surface area contributed by atoms with Gasteiger partial charge in [0.15, 0.2) is 0 Å². The average molecular weight is 475 g/mol. The Kier molecular flexibility index (Phi) is 7.60. The smallest absolute Gasteiger partial charge is 0.264 e. The maximum Gasteiger partial charge on any atom is 0.264 e. The molecule has 3 heterocycles. The fourth-order valence-corrected chi connectivity index (χ4v) is 5.23. The molecule has 7 nitrogen and oxygen atoms in total. The number of carbonyl (C=O) groups excluding carboxylic acids is 2. The Hall–Kier alpha value is -3.53. The zero-order valence-corrected chi connectivity index (χ0v) is 20.9. The molecular weight excluding hydrogens is 440 g/mol. The van der Waals surface area contributed by atoms with Crippen molar-refractivity contribution in [2.75, 3.05) is 33.3 Å². The molecule has 0 atom stereocenters. The van der Waals surface area contributed by atoms with Crippen LogP contribution in [-0.2, 0) is 9.59 Å². The third-order valence-corrected chi connectivity index (χ3v) is 7.25. The van der Waals surface area contributed by atoms with Gasteiger partial charge < -0.3 is 19.1 Å². The second-order valence-corrected chi connectivity index (χ2v) is 9.48. The minimum absolute atomic E-state index is 0.0184. The van der Waals surface area contributed by atoms with Gasteiger partial charge in [-0.3, -0.25) is 9.59 Å². The lowest BCUT2D eigenvalue weighted by Gasteiger charge is -2.35. The Labute approximate surface area is 207 Å². The molecule has 0 spiro atoms. The molecule has 35 heavy (non-hydrogen) atoms. The van der Waals surface area contributed by atoms with Crippen molar-refractivity contribution in [1.29, 1.82) is 5.26 Å². The molecule has 184 valence electrons. The number of aromatic nitrogens is 1. The van der Waals surface area contributed by atoms with Gasteiger partial charge in [0.2, 0.25) is 5.91 Å². The number of carbonyl (C=O) groups is 2. The first kappa shape index (κ1) is 24.6. The van der Waals surface area contributed by atoms with E-state index in [1.165, 1.54) is 6.42 Å². The van der Waals surface area contributed by atoms with Crippen LogP contribution in [0.15, 0.2) is 35.9 Å². The van der Waals surface area contributed by atoms with Crippen LogP contribution in [0.5, 0.6) is 5.75 Å². The molecular formula is C28H34N4O3. The van der Waals surface area contributed by atoms with E-state index >= 15 is 0 Å². The molecule has 2 aliphatic rings. The summed E-state index contributed by atoms with van der Waals surface area (Å²) in [4.78, 5) is 29.7. The molecule has 2 aromatic rings. The number of methoxy groups -OCH3 is 1.